The number of carbonyl (C=O) groups excluding carboxylic acids is 4. The zero-order valence-electron chi connectivity index (χ0n) is 30.3. The molecule has 0 aromatic heterocycles. The number of carbonyl (C=O) groups is 4. The first-order chi connectivity index (χ1) is 24.2. The van der Waals surface area contributed by atoms with Crippen molar-refractivity contribution in [2.24, 2.45) is 0 Å². The van der Waals surface area contributed by atoms with Crippen LogP contribution >= 0.6 is 0 Å². The Hall–Kier alpha value is -4.44. The SMILES string of the molecule is CCC.CCCC.CN(CCCN(CCO)CCN1C(=O)c2cccc3cccc(c23)C1=O)CCN1C(=O)c2cccc3cccc(c23)C1=O. The van der Waals surface area contributed by atoms with E-state index in [0.29, 0.717) is 60.4 Å². The highest BCUT2D eigenvalue weighted by Gasteiger charge is 2.34. The minimum Gasteiger partial charge on any atom is -0.395 e. The van der Waals surface area contributed by atoms with Crippen LogP contribution in [0.3, 0.4) is 0 Å². The fourth-order valence-electron chi connectivity index (χ4n) is 6.23. The van der Waals surface area contributed by atoms with Crippen LogP contribution in [-0.4, -0.2) is 108 Å². The zero-order chi connectivity index (χ0) is 36.2. The van der Waals surface area contributed by atoms with Gasteiger partial charge < -0.3 is 10.0 Å². The Morgan fingerprint density at radius 2 is 0.920 bits per heavy atom. The fourth-order valence-corrected chi connectivity index (χ4v) is 6.23. The summed E-state index contributed by atoms with van der Waals surface area (Å²) in [6, 6.07) is 22.0. The highest BCUT2D eigenvalue weighted by molar-refractivity contribution is 6.26. The summed E-state index contributed by atoms with van der Waals surface area (Å²) in [5, 5.41) is 12.8. The summed E-state index contributed by atoms with van der Waals surface area (Å²) in [4.78, 5) is 59.6. The molecule has 9 heteroatoms. The largest absolute Gasteiger partial charge is 0.395 e. The molecule has 4 aromatic rings. The van der Waals surface area contributed by atoms with E-state index in [4.69, 9.17) is 0 Å². The number of imide groups is 2. The van der Waals surface area contributed by atoms with E-state index in [9.17, 15) is 24.3 Å². The van der Waals surface area contributed by atoms with Gasteiger partial charge in [0.1, 0.15) is 0 Å². The van der Waals surface area contributed by atoms with Crippen molar-refractivity contribution in [1.82, 2.24) is 19.6 Å². The summed E-state index contributed by atoms with van der Waals surface area (Å²) in [6.07, 6.45) is 4.66. The van der Waals surface area contributed by atoms with Crippen molar-refractivity contribution in [1.29, 1.82) is 0 Å². The molecule has 0 aliphatic carbocycles. The summed E-state index contributed by atoms with van der Waals surface area (Å²) in [5.41, 5.74) is 2.18. The first-order valence-electron chi connectivity index (χ1n) is 18.0. The van der Waals surface area contributed by atoms with Gasteiger partial charge in [-0.05, 0) is 61.6 Å². The van der Waals surface area contributed by atoms with E-state index in [1.807, 2.05) is 60.5 Å². The molecule has 0 fully saturated rings. The number of unbranched alkanes of at least 4 members (excludes halogenated alkanes) is 1. The molecule has 4 amide bonds. The standard InChI is InChI=1S/C34H34N4O5.C4H10.C3H8/c1-35(17-19-37-31(40)25-11-2-7-23-8-3-12-26(29(23)25)32(37)41)15-6-16-36(21-22-39)18-20-38-33(42)27-13-4-9-24-10-5-14-28(30(24)27)34(38)43;1-3-4-2;1-3-2/h2-5,7-14,39H,6,15-22H2,1H3;3-4H2,1-2H3;3H2,1-2H3. The molecule has 0 saturated carbocycles. The van der Waals surface area contributed by atoms with Crippen molar-refractivity contribution in [3.8, 4) is 0 Å². The first kappa shape index (κ1) is 38.4. The Bertz CT molecular complexity index is 1700. The molecule has 2 heterocycles. The number of likely N-dealkylation sites (N-methyl/N-ethyl adjacent to an activating group) is 1. The number of aliphatic hydroxyl groups is 1. The smallest absolute Gasteiger partial charge is 0.261 e. The average molecular weight is 681 g/mol. The fraction of sp³-hybridized carbons (Fsp3) is 0.415. The molecule has 2 aliphatic heterocycles. The van der Waals surface area contributed by atoms with Gasteiger partial charge in [0.25, 0.3) is 23.6 Å². The number of nitrogens with zero attached hydrogens (tertiary/aromatic N) is 4. The van der Waals surface area contributed by atoms with Crippen LogP contribution in [0.5, 0.6) is 0 Å². The Labute approximate surface area is 296 Å². The first-order valence-corrected chi connectivity index (χ1v) is 18.0. The minimum atomic E-state index is -0.293. The Balaban J connectivity index is 0.000000738. The second kappa shape index (κ2) is 18.5. The number of benzene rings is 4. The van der Waals surface area contributed by atoms with Gasteiger partial charge in [-0.15, -0.1) is 0 Å². The molecule has 0 spiro atoms. The van der Waals surface area contributed by atoms with E-state index in [1.54, 1.807) is 24.3 Å². The maximum atomic E-state index is 13.2. The Morgan fingerprint density at radius 1 is 0.540 bits per heavy atom. The lowest BCUT2D eigenvalue weighted by Crippen LogP contribution is -2.45. The molecular formula is C41H52N4O5. The predicted octanol–water partition coefficient (Wildman–Crippen LogP) is 6.72. The van der Waals surface area contributed by atoms with Gasteiger partial charge in [0.2, 0.25) is 0 Å². The number of hydrogen-bond acceptors (Lipinski definition) is 7. The van der Waals surface area contributed by atoms with Crippen LogP contribution in [0.25, 0.3) is 21.5 Å². The normalized spacial score (nSPS) is 13.6. The lowest BCUT2D eigenvalue weighted by atomic mass is 9.94. The molecule has 0 saturated heterocycles. The van der Waals surface area contributed by atoms with Crippen molar-refractivity contribution < 1.29 is 24.3 Å². The van der Waals surface area contributed by atoms with Crippen LogP contribution in [0.15, 0.2) is 72.8 Å². The summed E-state index contributed by atoms with van der Waals surface area (Å²) < 4.78 is 0. The predicted molar refractivity (Wildman–Crippen MR) is 201 cm³/mol. The Morgan fingerprint density at radius 3 is 1.28 bits per heavy atom. The highest BCUT2D eigenvalue weighted by Crippen LogP contribution is 2.31. The topological polar surface area (TPSA) is 101 Å². The van der Waals surface area contributed by atoms with Crippen molar-refractivity contribution in [3.05, 3.63) is 95.1 Å². The van der Waals surface area contributed by atoms with E-state index < -0.39 is 0 Å². The monoisotopic (exact) mass is 680 g/mol. The molecule has 6 rings (SSSR count). The van der Waals surface area contributed by atoms with Gasteiger partial charge >= 0.3 is 0 Å². The van der Waals surface area contributed by atoms with Crippen LogP contribution in [0.4, 0.5) is 0 Å². The molecule has 0 radical (unpaired) electrons. The van der Waals surface area contributed by atoms with Gasteiger partial charge in [0.05, 0.1) is 6.61 Å². The van der Waals surface area contributed by atoms with Gasteiger partial charge in [-0.3, -0.25) is 33.9 Å². The second-order valence-corrected chi connectivity index (χ2v) is 12.9. The van der Waals surface area contributed by atoms with E-state index in [0.717, 1.165) is 22.6 Å². The summed E-state index contributed by atoms with van der Waals surface area (Å²) in [6.45, 7) is 11.9. The number of rotatable bonds is 13. The van der Waals surface area contributed by atoms with E-state index >= 15 is 0 Å². The van der Waals surface area contributed by atoms with Crippen molar-refractivity contribution >= 4 is 45.2 Å². The quantitative estimate of drug-likeness (QED) is 0.157. The van der Waals surface area contributed by atoms with E-state index in [-0.39, 0.29) is 43.3 Å². The third kappa shape index (κ3) is 8.64. The highest BCUT2D eigenvalue weighted by atomic mass is 16.3. The molecule has 1 N–H and O–H groups in total. The van der Waals surface area contributed by atoms with Crippen LogP contribution in [-0.2, 0) is 0 Å². The van der Waals surface area contributed by atoms with Crippen molar-refractivity contribution in [3.63, 3.8) is 0 Å². The maximum absolute atomic E-state index is 13.2. The van der Waals surface area contributed by atoms with Crippen LogP contribution < -0.4 is 0 Å². The minimum absolute atomic E-state index is 0.0344. The lowest BCUT2D eigenvalue weighted by Gasteiger charge is -2.30. The molecule has 9 nitrogen and oxygen atoms in total. The van der Waals surface area contributed by atoms with Crippen molar-refractivity contribution in [2.75, 3.05) is 59.5 Å². The summed E-state index contributed by atoms with van der Waals surface area (Å²) in [7, 11) is 1.95. The van der Waals surface area contributed by atoms with Crippen LogP contribution in [0, 0.1) is 0 Å². The van der Waals surface area contributed by atoms with Gasteiger partial charge in [-0.2, -0.15) is 0 Å². The molecule has 2 aliphatic rings. The third-order valence-electron chi connectivity index (χ3n) is 8.99. The van der Waals surface area contributed by atoms with Gasteiger partial charge in [-0.1, -0.05) is 95.5 Å². The molecule has 0 atom stereocenters. The number of hydrogen-bond donors (Lipinski definition) is 1. The summed E-state index contributed by atoms with van der Waals surface area (Å²) in [5.74, 6) is -1.12. The van der Waals surface area contributed by atoms with E-state index in [1.165, 1.54) is 29.1 Å². The van der Waals surface area contributed by atoms with Crippen LogP contribution in [0.2, 0.25) is 0 Å². The van der Waals surface area contributed by atoms with Crippen LogP contribution in [0.1, 0.15) is 94.8 Å². The Kier molecular flexibility index (Phi) is 14.2. The molecule has 4 aromatic carbocycles. The average Bonchev–Trinajstić information content (AvgIpc) is 3.13. The molecule has 266 valence electrons. The number of amides is 4. The third-order valence-corrected chi connectivity index (χ3v) is 8.99. The lowest BCUT2D eigenvalue weighted by molar-refractivity contribution is 0.0581. The molecule has 0 bridgehead atoms. The summed E-state index contributed by atoms with van der Waals surface area (Å²) >= 11 is 0. The van der Waals surface area contributed by atoms with Gasteiger partial charge in [-0.25, -0.2) is 0 Å². The maximum Gasteiger partial charge on any atom is 0.261 e. The molecule has 0 unspecified atom stereocenters. The molecule has 50 heavy (non-hydrogen) atoms. The van der Waals surface area contributed by atoms with E-state index in [2.05, 4.69) is 32.6 Å². The van der Waals surface area contributed by atoms with Gasteiger partial charge in [0.15, 0.2) is 0 Å². The molecular weight excluding hydrogens is 628 g/mol. The van der Waals surface area contributed by atoms with Gasteiger partial charge in [0, 0.05) is 65.8 Å². The second-order valence-electron chi connectivity index (χ2n) is 12.9. The van der Waals surface area contributed by atoms with Crippen molar-refractivity contribution in [2.45, 2.75) is 53.4 Å². The number of aliphatic hydroxyl groups excluding tert-OH is 1. The zero-order valence-corrected chi connectivity index (χ0v) is 30.3.